The zero-order chi connectivity index (χ0) is 20.9. The standard InChI is InChI=1S/C22H25N3O4S/c1-15-13-25-21-19(8-5-9-20(21)30-22(25)24-15)29-14-16(26)12-23-10-11-28-18-7-4-3-6-17(18)27-2/h3-9,13,16,23,26H,10-12,14H2,1-2H3. The number of nitrogens with one attached hydrogen (secondary N) is 1. The van der Waals surface area contributed by atoms with E-state index in [0.717, 1.165) is 26.6 Å². The average Bonchev–Trinajstić information content (AvgIpc) is 3.28. The molecule has 1 unspecified atom stereocenters. The van der Waals surface area contributed by atoms with Crippen LogP contribution in [-0.4, -0.2) is 54.0 Å². The van der Waals surface area contributed by atoms with E-state index in [-0.39, 0.29) is 6.61 Å². The van der Waals surface area contributed by atoms with Crippen LogP contribution in [-0.2, 0) is 0 Å². The van der Waals surface area contributed by atoms with Crippen LogP contribution in [0.25, 0.3) is 15.2 Å². The third kappa shape index (κ3) is 4.51. The van der Waals surface area contributed by atoms with Crippen LogP contribution in [0, 0.1) is 6.92 Å². The summed E-state index contributed by atoms with van der Waals surface area (Å²) in [5, 5.41) is 13.5. The van der Waals surface area contributed by atoms with Crippen LogP contribution in [0.5, 0.6) is 17.2 Å². The maximum absolute atomic E-state index is 10.3. The molecule has 2 heterocycles. The van der Waals surface area contributed by atoms with Gasteiger partial charge in [-0.1, -0.05) is 29.5 Å². The Bertz CT molecular complexity index is 1120. The van der Waals surface area contributed by atoms with E-state index in [1.807, 2.05) is 53.9 Å². The first-order chi connectivity index (χ1) is 14.7. The monoisotopic (exact) mass is 427 g/mol. The quantitative estimate of drug-likeness (QED) is 0.378. The zero-order valence-electron chi connectivity index (χ0n) is 17.0. The van der Waals surface area contributed by atoms with Gasteiger partial charge in [0, 0.05) is 19.3 Å². The molecule has 0 aliphatic heterocycles. The Labute approximate surface area is 178 Å². The van der Waals surface area contributed by atoms with Crippen LogP contribution in [0.15, 0.2) is 48.7 Å². The van der Waals surface area contributed by atoms with Crippen molar-refractivity contribution in [2.45, 2.75) is 13.0 Å². The molecular weight excluding hydrogens is 402 g/mol. The molecule has 0 aliphatic carbocycles. The number of rotatable bonds is 10. The van der Waals surface area contributed by atoms with Crippen molar-refractivity contribution in [3.63, 3.8) is 0 Å². The van der Waals surface area contributed by atoms with Gasteiger partial charge < -0.3 is 24.6 Å². The second-order valence-corrected chi connectivity index (χ2v) is 7.92. The average molecular weight is 428 g/mol. The molecule has 0 aliphatic rings. The third-order valence-corrected chi connectivity index (χ3v) is 5.63. The summed E-state index contributed by atoms with van der Waals surface area (Å²) in [6.45, 7) is 3.66. The predicted octanol–water partition coefficient (Wildman–Crippen LogP) is 3.27. The first-order valence-electron chi connectivity index (χ1n) is 9.80. The molecule has 0 fully saturated rings. The smallest absolute Gasteiger partial charge is 0.195 e. The minimum atomic E-state index is -0.634. The van der Waals surface area contributed by atoms with Gasteiger partial charge in [-0.25, -0.2) is 4.98 Å². The van der Waals surface area contributed by atoms with Gasteiger partial charge in [0.1, 0.15) is 30.6 Å². The predicted molar refractivity (Wildman–Crippen MR) is 118 cm³/mol. The van der Waals surface area contributed by atoms with E-state index >= 15 is 0 Å². The van der Waals surface area contributed by atoms with E-state index in [1.165, 1.54) is 0 Å². The number of aryl methyl sites for hydroxylation is 1. The summed E-state index contributed by atoms with van der Waals surface area (Å²) in [4.78, 5) is 5.46. The lowest BCUT2D eigenvalue weighted by Gasteiger charge is -2.14. The molecule has 4 rings (SSSR count). The minimum Gasteiger partial charge on any atom is -0.493 e. The number of aliphatic hydroxyl groups is 1. The van der Waals surface area contributed by atoms with Gasteiger partial charge in [0.2, 0.25) is 0 Å². The Morgan fingerprint density at radius 2 is 1.90 bits per heavy atom. The number of hydrogen-bond acceptors (Lipinski definition) is 7. The summed E-state index contributed by atoms with van der Waals surface area (Å²) < 4.78 is 20.1. The Hall–Kier alpha value is -2.81. The lowest BCUT2D eigenvalue weighted by atomic mass is 10.3. The van der Waals surface area contributed by atoms with E-state index in [2.05, 4.69) is 16.4 Å². The molecule has 0 radical (unpaired) electrons. The van der Waals surface area contributed by atoms with E-state index < -0.39 is 6.10 Å². The van der Waals surface area contributed by atoms with Crippen molar-refractivity contribution in [2.24, 2.45) is 0 Å². The topological polar surface area (TPSA) is 77.2 Å². The molecule has 0 bridgehead atoms. The molecule has 7 nitrogen and oxygen atoms in total. The third-order valence-electron chi connectivity index (χ3n) is 4.61. The van der Waals surface area contributed by atoms with E-state index in [0.29, 0.717) is 31.2 Å². The Balaban J connectivity index is 1.26. The summed E-state index contributed by atoms with van der Waals surface area (Å²) in [5.41, 5.74) is 1.96. The largest absolute Gasteiger partial charge is 0.493 e. The Kier molecular flexibility index (Phi) is 6.37. The van der Waals surface area contributed by atoms with Crippen molar-refractivity contribution < 1.29 is 19.3 Å². The summed E-state index contributed by atoms with van der Waals surface area (Å²) in [6.07, 6.45) is 1.37. The van der Waals surface area contributed by atoms with Gasteiger partial charge in [-0.15, -0.1) is 0 Å². The van der Waals surface area contributed by atoms with Gasteiger partial charge >= 0.3 is 0 Å². The molecular formula is C22H25N3O4S. The van der Waals surface area contributed by atoms with Crippen molar-refractivity contribution >= 4 is 26.5 Å². The highest BCUT2D eigenvalue weighted by atomic mass is 32.1. The van der Waals surface area contributed by atoms with Gasteiger partial charge in [-0.3, -0.25) is 4.40 Å². The first kappa shape index (κ1) is 20.5. The van der Waals surface area contributed by atoms with Gasteiger partial charge in [-0.05, 0) is 31.2 Å². The number of fused-ring (bicyclic) bond motifs is 3. The summed E-state index contributed by atoms with van der Waals surface area (Å²) in [5.74, 6) is 2.15. The molecule has 158 valence electrons. The molecule has 0 saturated heterocycles. The number of benzene rings is 2. The number of nitrogens with zero attached hydrogens (tertiary/aromatic N) is 2. The highest BCUT2D eigenvalue weighted by Crippen LogP contribution is 2.33. The molecule has 0 spiro atoms. The number of methoxy groups -OCH3 is 1. The van der Waals surface area contributed by atoms with Crippen molar-refractivity contribution in [3.8, 4) is 17.2 Å². The fourth-order valence-corrected chi connectivity index (χ4v) is 4.30. The molecule has 2 aromatic heterocycles. The number of para-hydroxylation sites is 3. The number of imidazole rings is 1. The van der Waals surface area contributed by atoms with E-state index in [1.54, 1.807) is 18.4 Å². The normalized spacial score (nSPS) is 12.4. The number of aliphatic hydroxyl groups excluding tert-OH is 1. The van der Waals surface area contributed by atoms with Gasteiger partial charge in [0.25, 0.3) is 0 Å². The number of ether oxygens (including phenoxy) is 3. The highest BCUT2D eigenvalue weighted by molar-refractivity contribution is 7.23. The maximum atomic E-state index is 10.3. The highest BCUT2D eigenvalue weighted by Gasteiger charge is 2.13. The Morgan fingerprint density at radius 3 is 2.73 bits per heavy atom. The fourth-order valence-electron chi connectivity index (χ4n) is 3.23. The van der Waals surface area contributed by atoms with Gasteiger partial charge in [0.15, 0.2) is 16.5 Å². The van der Waals surface area contributed by atoms with Gasteiger partial charge in [0.05, 0.1) is 17.5 Å². The molecule has 0 saturated carbocycles. The fraction of sp³-hybridized carbons (Fsp3) is 0.318. The SMILES string of the molecule is COc1ccccc1OCCNCC(O)COc1cccc2sc3nc(C)cn3c12. The number of hydrogen-bond donors (Lipinski definition) is 2. The molecule has 8 heteroatoms. The Morgan fingerprint density at radius 1 is 1.10 bits per heavy atom. The zero-order valence-corrected chi connectivity index (χ0v) is 17.8. The maximum Gasteiger partial charge on any atom is 0.195 e. The second-order valence-electron chi connectivity index (χ2n) is 6.91. The van der Waals surface area contributed by atoms with Crippen LogP contribution in [0.2, 0.25) is 0 Å². The van der Waals surface area contributed by atoms with Crippen LogP contribution in [0.4, 0.5) is 0 Å². The van der Waals surface area contributed by atoms with Crippen molar-refractivity contribution in [1.82, 2.24) is 14.7 Å². The van der Waals surface area contributed by atoms with Crippen molar-refractivity contribution in [1.29, 1.82) is 0 Å². The van der Waals surface area contributed by atoms with Crippen LogP contribution >= 0.6 is 11.3 Å². The summed E-state index contributed by atoms with van der Waals surface area (Å²) >= 11 is 1.63. The summed E-state index contributed by atoms with van der Waals surface area (Å²) in [6, 6.07) is 13.5. The van der Waals surface area contributed by atoms with E-state index in [4.69, 9.17) is 14.2 Å². The molecule has 1 atom stereocenters. The number of aromatic nitrogens is 2. The first-order valence-corrected chi connectivity index (χ1v) is 10.6. The van der Waals surface area contributed by atoms with E-state index in [9.17, 15) is 5.11 Å². The lowest BCUT2D eigenvalue weighted by molar-refractivity contribution is 0.106. The van der Waals surface area contributed by atoms with Crippen molar-refractivity contribution in [3.05, 3.63) is 54.4 Å². The van der Waals surface area contributed by atoms with Crippen LogP contribution < -0.4 is 19.5 Å². The molecule has 30 heavy (non-hydrogen) atoms. The van der Waals surface area contributed by atoms with Crippen molar-refractivity contribution in [2.75, 3.05) is 33.4 Å². The number of thiazole rings is 1. The molecule has 0 amide bonds. The molecule has 4 aromatic rings. The molecule has 2 aromatic carbocycles. The van der Waals surface area contributed by atoms with Crippen LogP contribution in [0.1, 0.15) is 5.69 Å². The summed E-state index contributed by atoms with van der Waals surface area (Å²) in [7, 11) is 1.62. The lowest BCUT2D eigenvalue weighted by Crippen LogP contribution is -2.33. The van der Waals surface area contributed by atoms with Crippen LogP contribution in [0.3, 0.4) is 0 Å². The van der Waals surface area contributed by atoms with Gasteiger partial charge in [-0.2, -0.15) is 0 Å². The second kappa shape index (κ2) is 9.34. The molecule has 2 N–H and O–H groups in total. The minimum absolute atomic E-state index is 0.199.